The Balaban J connectivity index is 1.63. The van der Waals surface area contributed by atoms with Gasteiger partial charge >= 0.3 is 0 Å². The fourth-order valence-electron chi connectivity index (χ4n) is 2.55. The summed E-state index contributed by atoms with van der Waals surface area (Å²) in [6, 6.07) is 11.2. The number of fused-ring (bicyclic) bond motifs is 1. The molecule has 1 fully saturated rings. The monoisotopic (exact) mass is 253 g/mol. The Morgan fingerprint density at radius 2 is 2.21 bits per heavy atom. The van der Waals surface area contributed by atoms with Gasteiger partial charge in [-0.2, -0.15) is 5.26 Å². The van der Waals surface area contributed by atoms with Crippen molar-refractivity contribution in [1.82, 2.24) is 10.3 Å². The van der Waals surface area contributed by atoms with E-state index in [2.05, 4.69) is 47.7 Å². The molecular formula is C16H19N3. The van der Waals surface area contributed by atoms with Gasteiger partial charge in [-0.25, -0.2) is 0 Å². The van der Waals surface area contributed by atoms with Gasteiger partial charge in [0.15, 0.2) is 0 Å². The number of rotatable bonds is 5. The number of aromatic nitrogens is 1. The Morgan fingerprint density at radius 3 is 2.95 bits per heavy atom. The van der Waals surface area contributed by atoms with Crippen LogP contribution in [-0.4, -0.2) is 17.6 Å². The van der Waals surface area contributed by atoms with Crippen LogP contribution in [0.4, 0.5) is 0 Å². The quantitative estimate of drug-likeness (QED) is 0.860. The fourth-order valence-corrected chi connectivity index (χ4v) is 2.55. The Bertz CT molecular complexity index is 616. The average Bonchev–Trinajstić information content (AvgIpc) is 3.13. The summed E-state index contributed by atoms with van der Waals surface area (Å²) in [6.07, 6.45) is 5.19. The van der Waals surface area contributed by atoms with Gasteiger partial charge in [0.1, 0.15) is 0 Å². The van der Waals surface area contributed by atoms with Gasteiger partial charge in [-0.15, -0.1) is 0 Å². The summed E-state index contributed by atoms with van der Waals surface area (Å²) in [7, 11) is 0. The van der Waals surface area contributed by atoms with E-state index in [1.165, 1.54) is 16.5 Å². The molecule has 3 rings (SSSR count). The molecule has 1 aliphatic rings. The standard InChI is InChI=1S/C16H19N3/c1-12(19-11-16(10-17)6-7-16)8-13-9-18-15-5-3-2-4-14(13)15/h2-5,9,12,18-19H,6-8,11H2,1H3. The summed E-state index contributed by atoms with van der Waals surface area (Å²) in [6.45, 7) is 3.02. The smallest absolute Gasteiger partial charge is 0.0703 e. The van der Waals surface area contributed by atoms with Gasteiger partial charge in [0.05, 0.1) is 11.5 Å². The third kappa shape index (κ3) is 2.50. The molecule has 1 aromatic heterocycles. The third-order valence-electron chi connectivity index (χ3n) is 4.08. The van der Waals surface area contributed by atoms with E-state index in [0.29, 0.717) is 6.04 Å². The van der Waals surface area contributed by atoms with Crippen LogP contribution < -0.4 is 5.32 Å². The van der Waals surface area contributed by atoms with Crippen molar-refractivity contribution in [1.29, 1.82) is 5.26 Å². The molecule has 3 heteroatoms. The number of H-pyrrole nitrogens is 1. The first-order chi connectivity index (χ1) is 9.22. The SMILES string of the molecule is CC(Cc1c[nH]c2ccccc12)NCC1(C#N)CC1. The molecule has 3 nitrogen and oxygen atoms in total. The number of nitrogens with one attached hydrogen (secondary N) is 2. The van der Waals surface area contributed by atoms with E-state index in [4.69, 9.17) is 5.26 Å². The van der Waals surface area contributed by atoms with Crippen LogP contribution in [-0.2, 0) is 6.42 Å². The molecule has 98 valence electrons. The molecule has 0 saturated heterocycles. The molecule has 1 aromatic carbocycles. The Hall–Kier alpha value is -1.79. The summed E-state index contributed by atoms with van der Waals surface area (Å²) in [5.74, 6) is 0. The number of hydrogen-bond acceptors (Lipinski definition) is 2. The molecule has 19 heavy (non-hydrogen) atoms. The third-order valence-corrected chi connectivity index (χ3v) is 4.08. The van der Waals surface area contributed by atoms with Crippen molar-refractivity contribution >= 4 is 10.9 Å². The highest BCUT2D eigenvalue weighted by atomic mass is 14.9. The van der Waals surface area contributed by atoms with E-state index < -0.39 is 0 Å². The van der Waals surface area contributed by atoms with Gasteiger partial charge in [0, 0.05) is 29.7 Å². The van der Waals surface area contributed by atoms with Gasteiger partial charge in [-0.05, 0) is 37.8 Å². The van der Waals surface area contributed by atoms with Crippen LogP contribution in [0.15, 0.2) is 30.5 Å². The van der Waals surface area contributed by atoms with Crippen molar-refractivity contribution in [2.45, 2.75) is 32.2 Å². The molecule has 0 aliphatic heterocycles. The van der Waals surface area contributed by atoms with Crippen LogP contribution in [0.25, 0.3) is 10.9 Å². The maximum Gasteiger partial charge on any atom is 0.0703 e. The van der Waals surface area contributed by atoms with Crippen LogP contribution in [0.3, 0.4) is 0 Å². The maximum atomic E-state index is 9.07. The number of hydrogen-bond donors (Lipinski definition) is 2. The summed E-state index contributed by atoms with van der Waals surface area (Å²) >= 11 is 0. The van der Waals surface area contributed by atoms with Crippen LogP contribution in [0.1, 0.15) is 25.3 Å². The zero-order valence-corrected chi connectivity index (χ0v) is 11.2. The van der Waals surface area contributed by atoms with E-state index in [0.717, 1.165) is 25.8 Å². The van der Waals surface area contributed by atoms with Crippen molar-refractivity contribution in [2.75, 3.05) is 6.54 Å². The summed E-state index contributed by atoms with van der Waals surface area (Å²) in [4.78, 5) is 3.31. The molecule has 1 aliphatic carbocycles. The second kappa shape index (κ2) is 4.71. The lowest BCUT2D eigenvalue weighted by Gasteiger charge is -2.15. The zero-order valence-electron chi connectivity index (χ0n) is 11.2. The second-order valence-electron chi connectivity index (χ2n) is 5.74. The number of benzene rings is 1. The minimum Gasteiger partial charge on any atom is -0.361 e. The topological polar surface area (TPSA) is 51.6 Å². The molecular weight excluding hydrogens is 234 g/mol. The molecule has 1 atom stereocenters. The van der Waals surface area contributed by atoms with Crippen molar-refractivity contribution in [3.63, 3.8) is 0 Å². The Morgan fingerprint density at radius 1 is 1.42 bits per heavy atom. The van der Waals surface area contributed by atoms with Crippen LogP contribution in [0.2, 0.25) is 0 Å². The highest BCUT2D eigenvalue weighted by Gasteiger charge is 2.42. The van der Waals surface area contributed by atoms with E-state index >= 15 is 0 Å². The minimum absolute atomic E-state index is 0.0610. The highest BCUT2D eigenvalue weighted by molar-refractivity contribution is 5.83. The molecule has 0 radical (unpaired) electrons. The molecule has 1 unspecified atom stereocenters. The van der Waals surface area contributed by atoms with E-state index in [1.54, 1.807) is 0 Å². The molecule has 1 saturated carbocycles. The molecule has 2 aromatic rings. The summed E-state index contributed by atoms with van der Waals surface area (Å²) in [5, 5.41) is 13.9. The predicted molar refractivity (Wildman–Crippen MR) is 76.7 cm³/mol. The van der Waals surface area contributed by atoms with E-state index in [-0.39, 0.29) is 5.41 Å². The van der Waals surface area contributed by atoms with Gasteiger partial charge in [0.25, 0.3) is 0 Å². The van der Waals surface area contributed by atoms with E-state index in [9.17, 15) is 0 Å². The lowest BCUT2D eigenvalue weighted by atomic mass is 10.0. The van der Waals surface area contributed by atoms with Crippen molar-refractivity contribution < 1.29 is 0 Å². The Kier molecular flexibility index (Phi) is 3.04. The summed E-state index contributed by atoms with van der Waals surface area (Å²) in [5.41, 5.74) is 2.48. The zero-order chi connectivity index (χ0) is 13.3. The maximum absolute atomic E-state index is 9.07. The first kappa shape index (κ1) is 12.3. The lowest BCUT2D eigenvalue weighted by molar-refractivity contribution is 0.484. The largest absolute Gasteiger partial charge is 0.361 e. The Labute approximate surface area is 113 Å². The van der Waals surface area contributed by atoms with Gasteiger partial charge < -0.3 is 10.3 Å². The average molecular weight is 253 g/mol. The highest BCUT2D eigenvalue weighted by Crippen LogP contribution is 2.44. The number of nitriles is 1. The van der Waals surface area contributed by atoms with Gasteiger partial charge in [-0.3, -0.25) is 0 Å². The first-order valence-electron chi connectivity index (χ1n) is 6.92. The van der Waals surface area contributed by atoms with Crippen LogP contribution >= 0.6 is 0 Å². The first-order valence-corrected chi connectivity index (χ1v) is 6.92. The summed E-state index contributed by atoms with van der Waals surface area (Å²) < 4.78 is 0. The molecule has 1 heterocycles. The predicted octanol–water partition coefficient (Wildman–Crippen LogP) is 2.99. The van der Waals surface area contributed by atoms with Crippen LogP contribution in [0, 0.1) is 16.7 Å². The molecule has 2 N–H and O–H groups in total. The van der Waals surface area contributed by atoms with Gasteiger partial charge in [0.2, 0.25) is 0 Å². The number of para-hydroxylation sites is 1. The molecule has 0 spiro atoms. The van der Waals surface area contributed by atoms with Crippen molar-refractivity contribution in [3.05, 3.63) is 36.0 Å². The normalized spacial score (nSPS) is 18.1. The fraction of sp³-hybridized carbons (Fsp3) is 0.438. The lowest BCUT2D eigenvalue weighted by Crippen LogP contribution is -2.33. The molecule has 0 bridgehead atoms. The van der Waals surface area contributed by atoms with Gasteiger partial charge in [-0.1, -0.05) is 18.2 Å². The number of aromatic amines is 1. The second-order valence-corrected chi connectivity index (χ2v) is 5.74. The number of nitrogens with zero attached hydrogens (tertiary/aromatic N) is 1. The van der Waals surface area contributed by atoms with Crippen molar-refractivity contribution in [3.8, 4) is 6.07 Å². The minimum atomic E-state index is -0.0610. The molecule has 0 amide bonds. The van der Waals surface area contributed by atoms with Crippen molar-refractivity contribution in [2.24, 2.45) is 5.41 Å². The van der Waals surface area contributed by atoms with Crippen LogP contribution in [0.5, 0.6) is 0 Å². The van der Waals surface area contributed by atoms with E-state index in [1.807, 2.05) is 6.07 Å².